The minimum atomic E-state index is -0.0756. The summed E-state index contributed by atoms with van der Waals surface area (Å²) in [5.41, 5.74) is 1.62. The SMILES string of the molecule is CCNC(=O)c1ccc(CNC(=O)CCCc2ccc(Br)s2)cc1. The average molecular weight is 409 g/mol. The monoisotopic (exact) mass is 408 g/mol. The van der Waals surface area contributed by atoms with Crippen LogP contribution in [0, 0.1) is 0 Å². The molecule has 0 aliphatic heterocycles. The zero-order valence-corrected chi connectivity index (χ0v) is 16.0. The molecular weight excluding hydrogens is 388 g/mol. The van der Waals surface area contributed by atoms with Gasteiger partial charge in [-0.05, 0) is 65.5 Å². The van der Waals surface area contributed by atoms with Gasteiger partial charge in [0.05, 0.1) is 3.79 Å². The van der Waals surface area contributed by atoms with Crippen molar-refractivity contribution in [2.24, 2.45) is 0 Å². The van der Waals surface area contributed by atoms with Crippen LogP contribution >= 0.6 is 27.3 Å². The van der Waals surface area contributed by atoms with Crippen molar-refractivity contribution in [3.63, 3.8) is 0 Å². The summed E-state index contributed by atoms with van der Waals surface area (Å²) in [7, 11) is 0. The quantitative estimate of drug-likeness (QED) is 0.695. The van der Waals surface area contributed by atoms with Gasteiger partial charge in [0, 0.05) is 30.0 Å². The van der Waals surface area contributed by atoms with Crippen LogP contribution in [0.3, 0.4) is 0 Å². The minimum Gasteiger partial charge on any atom is -0.352 e. The average Bonchev–Trinajstić information content (AvgIpc) is 2.99. The molecule has 0 atom stereocenters. The van der Waals surface area contributed by atoms with Gasteiger partial charge in [-0.25, -0.2) is 0 Å². The van der Waals surface area contributed by atoms with Crippen molar-refractivity contribution in [1.29, 1.82) is 0 Å². The molecule has 0 radical (unpaired) electrons. The maximum absolute atomic E-state index is 11.9. The second-order valence-electron chi connectivity index (χ2n) is 5.39. The molecule has 2 N–H and O–H groups in total. The predicted molar refractivity (Wildman–Crippen MR) is 101 cm³/mol. The molecule has 1 heterocycles. The third kappa shape index (κ3) is 6.09. The second-order valence-corrected chi connectivity index (χ2v) is 7.94. The Balaban J connectivity index is 1.70. The van der Waals surface area contributed by atoms with Gasteiger partial charge in [-0.3, -0.25) is 9.59 Å². The molecule has 0 saturated heterocycles. The summed E-state index contributed by atoms with van der Waals surface area (Å²) in [4.78, 5) is 24.9. The number of halogens is 1. The molecule has 24 heavy (non-hydrogen) atoms. The lowest BCUT2D eigenvalue weighted by Crippen LogP contribution is -2.23. The number of rotatable bonds is 8. The van der Waals surface area contributed by atoms with Gasteiger partial charge < -0.3 is 10.6 Å². The number of aryl methyl sites for hydroxylation is 1. The number of carbonyl (C=O) groups is 2. The Bertz CT molecular complexity index is 683. The van der Waals surface area contributed by atoms with E-state index in [1.54, 1.807) is 23.5 Å². The molecule has 0 aliphatic rings. The molecule has 0 bridgehead atoms. The Kier molecular flexibility index (Phi) is 7.46. The van der Waals surface area contributed by atoms with E-state index in [4.69, 9.17) is 0 Å². The number of nitrogens with one attached hydrogen (secondary N) is 2. The van der Waals surface area contributed by atoms with E-state index in [0.29, 0.717) is 25.1 Å². The van der Waals surface area contributed by atoms with Crippen LogP contribution < -0.4 is 10.6 Å². The highest BCUT2D eigenvalue weighted by atomic mass is 79.9. The van der Waals surface area contributed by atoms with Crippen LogP contribution in [0.25, 0.3) is 0 Å². The van der Waals surface area contributed by atoms with Gasteiger partial charge in [-0.1, -0.05) is 12.1 Å². The van der Waals surface area contributed by atoms with E-state index in [1.807, 2.05) is 25.1 Å². The van der Waals surface area contributed by atoms with Crippen LogP contribution in [0.2, 0.25) is 0 Å². The van der Waals surface area contributed by atoms with E-state index in [-0.39, 0.29) is 11.8 Å². The first-order valence-corrected chi connectivity index (χ1v) is 9.57. The van der Waals surface area contributed by atoms with E-state index in [2.05, 4.69) is 32.6 Å². The van der Waals surface area contributed by atoms with Crippen molar-refractivity contribution >= 4 is 39.1 Å². The van der Waals surface area contributed by atoms with Gasteiger partial charge in [-0.2, -0.15) is 0 Å². The number of carbonyl (C=O) groups excluding carboxylic acids is 2. The molecule has 6 heteroatoms. The molecule has 1 aromatic heterocycles. The second kappa shape index (κ2) is 9.59. The van der Waals surface area contributed by atoms with E-state index >= 15 is 0 Å². The Labute approximate surface area is 154 Å². The molecule has 1 aromatic carbocycles. The van der Waals surface area contributed by atoms with Crippen LogP contribution in [0.15, 0.2) is 40.2 Å². The Morgan fingerprint density at radius 3 is 2.46 bits per heavy atom. The van der Waals surface area contributed by atoms with Crippen LogP contribution in [-0.2, 0) is 17.8 Å². The fraction of sp³-hybridized carbons (Fsp3) is 0.333. The van der Waals surface area contributed by atoms with Gasteiger partial charge in [0.1, 0.15) is 0 Å². The van der Waals surface area contributed by atoms with Crippen LogP contribution in [0.1, 0.15) is 40.6 Å². The molecule has 0 fully saturated rings. The largest absolute Gasteiger partial charge is 0.352 e. The fourth-order valence-electron chi connectivity index (χ4n) is 2.23. The van der Waals surface area contributed by atoms with E-state index in [0.717, 1.165) is 22.2 Å². The van der Waals surface area contributed by atoms with Gasteiger partial charge in [0.15, 0.2) is 0 Å². The first kappa shape index (κ1) is 18.7. The Morgan fingerprint density at radius 1 is 1.08 bits per heavy atom. The Hall–Kier alpha value is -1.66. The lowest BCUT2D eigenvalue weighted by atomic mass is 10.1. The smallest absolute Gasteiger partial charge is 0.251 e. The zero-order chi connectivity index (χ0) is 17.4. The zero-order valence-electron chi connectivity index (χ0n) is 13.6. The van der Waals surface area contributed by atoms with Crippen molar-refractivity contribution in [2.45, 2.75) is 32.7 Å². The molecule has 128 valence electrons. The normalized spacial score (nSPS) is 10.4. The molecule has 2 amide bonds. The molecular formula is C18H21BrN2O2S. The van der Waals surface area contributed by atoms with Crippen molar-refractivity contribution in [1.82, 2.24) is 10.6 Å². The molecule has 0 unspecified atom stereocenters. The third-order valence-electron chi connectivity index (χ3n) is 3.50. The van der Waals surface area contributed by atoms with Crippen molar-refractivity contribution in [3.8, 4) is 0 Å². The van der Waals surface area contributed by atoms with Crippen LogP contribution in [0.5, 0.6) is 0 Å². The van der Waals surface area contributed by atoms with E-state index in [9.17, 15) is 9.59 Å². The third-order valence-corrected chi connectivity index (χ3v) is 5.18. The van der Waals surface area contributed by atoms with Crippen molar-refractivity contribution < 1.29 is 9.59 Å². The topological polar surface area (TPSA) is 58.2 Å². The molecule has 0 spiro atoms. The first-order valence-electron chi connectivity index (χ1n) is 7.96. The standard InChI is InChI=1S/C18H21BrN2O2S/c1-2-20-18(23)14-8-6-13(7-9-14)12-21-17(22)5-3-4-15-10-11-16(19)24-15/h6-11H,2-5,12H2,1H3,(H,20,23)(H,21,22). The van der Waals surface area contributed by atoms with Gasteiger partial charge in [0.2, 0.25) is 5.91 Å². The van der Waals surface area contributed by atoms with Crippen molar-refractivity contribution in [2.75, 3.05) is 6.54 Å². The number of thiophene rings is 1. The predicted octanol–water partition coefficient (Wildman–Crippen LogP) is 3.90. The number of benzene rings is 1. The highest BCUT2D eigenvalue weighted by Gasteiger charge is 2.05. The van der Waals surface area contributed by atoms with Gasteiger partial charge in [-0.15, -0.1) is 11.3 Å². The Morgan fingerprint density at radius 2 is 1.83 bits per heavy atom. The highest BCUT2D eigenvalue weighted by Crippen LogP contribution is 2.23. The molecule has 2 rings (SSSR count). The summed E-state index contributed by atoms with van der Waals surface area (Å²) in [5, 5.41) is 5.68. The summed E-state index contributed by atoms with van der Waals surface area (Å²) in [6.07, 6.45) is 2.28. The lowest BCUT2D eigenvalue weighted by Gasteiger charge is -2.07. The van der Waals surface area contributed by atoms with Gasteiger partial charge in [0.25, 0.3) is 5.91 Å². The summed E-state index contributed by atoms with van der Waals surface area (Å²) in [6, 6.07) is 11.4. The van der Waals surface area contributed by atoms with Crippen molar-refractivity contribution in [3.05, 3.63) is 56.2 Å². The summed E-state index contributed by atoms with van der Waals surface area (Å²) < 4.78 is 1.12. The van der Waals surface area contributed by atoms with Crippen LogP contribution in [0.4, 0.5) is 0 Å². The fourth-order valence-corrected chi connectivity index (χ4v) is 3.76. The summed E-state index contributed by atoms with van der Waals surface area (Å²) >= 11 is 5.15. The van der Waals surface area contributed by atoms with E-state index < -0.39 is 0 Å². The number of hydrogen-bond acceptors (Lipinski definition) is 3. The molecule has 0 aliphatic carbocycles. The number of hydrogen-bond donors (Lipinski definition) is 2. The highest BCUT2D eigenvalue weighted by molar-refractivity contribution is 9.11. The molecule has 0 saturated carbocycles. The van der Waals surface area contributed by atoms with Gasteiger partial charge >= 0.3 is 0 Å². The molecule has 4 nitrogen and oxygen atoms in total. The molecule has 2 aromatic rings. The van der Waals surface area contributed by atoms with E-state index in [1.165, 1.54) is 4.88 Å². The maximum atomic E-state index is 11.9. The summed E-state index contributed by atoms with van der Waals surface area (Å²) in [5.74, 6) is -0.0216. The number of amides is 2. The maximum Gasteiger partial charge on any atom is 0.251 e. The first-order chi connectivity index (χ1) is 11.6. The van der Waals surface area contributed by atoms with Crippen LogP contribution in [-0.4, -0.2) is 18.4 Å². The minimum absolute atomic E-state index is 0.0541. The lowest BCUT2D eigenvalue weighted by molar-refractivity contribution is -0.121. The summed E-state index contributed by atoms with van der Waals surface area (Å²) in [6.45, 7) is 2.98.